The first-order valence-electron chi connectivity index (χ1n) is 7.72. The molecule has 0 aliphatic carbocycles. The van der Waals surface area contributed by atoms with Crippen LogP contribution in [0.5, 0.6) is 11.5 Å². The van der Waals surface area contributed by atoms with Crippen LogP contribution >= 0.6 is 0 Å². The SMILES string of the molecule is COc1ccccc1CNC(=O)COc1ccccc1C(C)C. The summed E-state index contributed by atoms with van der Waals surface area (Å²) < 4.78 is 10.9. The maximum Gasteiger partial charge on any atom is 0.258 e. The Hall–Kier alpha value is -2.49. The molecule has 4 heteroatoms. The number of para-hydroxylation sites is 2. The van der Waals surface area contributed by atoms with Gasteiger partial charge in [0.2, 0.25) is 0 Å². The zero-order valence-corrected chi connectivity index (χ0v) is 13.8. The van der Waals surface area contributed by atoms with Crippen LogP contribution in [-0.2, 0) is 11.3 Å². The Kier molecular flexibility index (Phi) is 6.03. The molecular formula is C19H23NO3. The largest absolute Gasteiger partial charge is 0.496 e. The highest BCUT2D eigenvalue weighted by atomic mass is 16.5. The Morgan fingerprint density at radius 2 is 1.70 bits per heavy atom. The van der Waals surface area contributed by atoms with Gasteiger partial charge in [0.1, 0.15) is 11.5 Å². The fraction of sp³-hybridized carbons (Fsp3) is 0.316. The van der Waals surface area contributed by atoms with E-state index in [1.165, 1.54) is 0 Å². The maximum absolute atomic E-state index is 12.0. The van der Waals surface area contributed by atoms with Crippen molar-refractivity contribution in [2.75, 3.05) is 13.7 Å². The first-order chi connectivity index (χ1) is 11.1. The highest BCUT2D eigenvalue weighted by molar-refractivity contribution is 5.77. The minimum Gasteiger partial charge on any atom is -0.496 e. The van der Waals surface area contributed by atoms with E-state index < -0.39 is 0 Å². The fourth-order valence-corrected chi connectivity index (χ4v) is 2.33. The van der Waals surface area contributed by atoms with Gasteiger partial charge in [0.25, 0.3) is 5.91 Å². The summed E-state index contributed by atoms with van der Waals surface area (Å²) >= 11 is 0. The predicted molar refractivity (Wildman–Crippen MR) is 90.9 cm³/mol. The topological polar surface area (TPSA) is 47.6 Å². The minimum absolute atomic E-state index is 0.00111. The van der Waals surface area contributed by atoms with Crippen LogP contribution in [0.25, 0.3) is 0 Å². The minimum atomic E-state index is -0.158. The molecule has 0 aliphatic heterocycles. The lowest BCUT2D eigenvalue weighted by Gasteiger charge is -2.14. The Bertz CT molecular complexity index is 653. The molecule has 0 spiro atoms. The molecule has 0 radical (unpaired) electrons. The third-order valence-electron chi connectivity index (χ3n) is 3.57. The Morgan fingerprint density at radius 1 is 1.04 bits per heavy atom. The van der Waals surface area contributed by atoms with Gasteiger partial charge in [-0.3, -0.25) is 4.79 Å². The van der Waals surface area contributed by atoms with Gasteiger partial charge in [-0.2, -0.15) is 0 Å². The van der Waals surface area contributed by atoms with E-state index in [1.54, 1.807) is 7.11 Å². The van der Waals surface area contributed by atoms with Gasteiger partial charge in [0.15, 0.2) is 6.61 Å². The van der Waals surface area contributed by atoms with Crippen molar-refractivity contribution in [3.8, 4) is 11.5 Å². The van der Waals surface area contributed by atoms with Gasteiger partial charge in [-0.1, -0.05) is 50.2 Å². The first-order valence-corrected chi connectivity index (χ1v) is 7.72. The molecule has 122 valence electrons. The average molecular weight is 313 g/mol. The van der Waals surface area contributed by atoms with Gasteiger partial charge in [-0.05, 0) is 23.6 Å². The van der Waals surface area contributed by atoms with Crippen molar-refractivity contribution in [1.29, 1.82) is 0 Å². The van der Waals surface area contributed by atoms with Crippen molar-refractivity contribution >= 4 is 5.91 Å². The molecule has 23 heavy (non-hydrogen) atoms. The molecular weight excluding hydrogens is 290 g/mol. The number of carbonyl (C=O) groups is 1. The highest BCUT2D eigenvalue weighted by Crippen LogP contribution is 2.25. The monoisotopic (exact) mass is 313 g/mol. The average Bonchev–Trinajstić information content (AvgIpc) is 2.58. The molecule has 1 N–H and O–H groups in total. The van der Waals surface area contributed by atoms with Gasteiger partial charge in [-0.25, -0.2) is 0 Å². The van der Waals surface area contributed by atoms with Crippen LogP contribution < -0.4 is 14.8 Å². The summed E-state index contributed by atoms with van der Waals surface area (Å²) in [6.07, 6.45) is 0. The number of amides is 1. The van der Waals surface area contributed by atoms with Crippen LogP contribution in [0.1, 0.15) is 30.9 Å². The molecule has 0 aromatic heterocycles. The third-order valence-corrected chi connectivity index (χ3v) is 3.57. The molecule has 0 bridgehead atoms. The third kappa shape index (κ3) is 4.74. The zero-order valence-electron chi connectivity index (χ0n) is 13.8. The van der Waals surface area contributed by atoms with Crippen LogP contribution in [0.3, 0.4) is 0 Å². The fourth-order valence-electron chi connectivity index (χ4n) is 2.33. The van der Waals surface area contributed by atoms with Crippen LogP contribution in [0.2, 0.25) is 0 Å². The van der Waals surface area contributed by atoms with E-state index in [4.69, 9.17) is 9.47 Å². The van der Waals surface area contributed by atoms with Gasteiger partial charge in [0, 0.05) is 12.1 Å². The lowest BCUT2D eigenvalue weighted by molar-refractivity contribution is -0.123. The Balaban J connectivity index is 1.89. The summed E-state index contributed by atoms with van der Waals surface area (Å²) in [6.45, 7) is 4.62. The number of hydrogen-bond acceptors (Lipinski definition) is 3. The maximum atomic E-state index is 12.0. The molecule has 0 saturated carbocycles. The van der Waals surface area contributed by atoms with Crippen molar-refractivity contribution in [2.24, 2.45) is 0 Å². The smallest absolute Gasteiger partial charge is 0.258 e. The molecule has 2 rings (SSSR count). The van der Waals surface area contributed by atoms with Crippen LogP contribution in [0.15, 0.2) is 48.5 Å². The molecule has 0 heterocycles. The zero-order chi connectivity index (χ0) is 16.7. The van der Waals surface area contributed by atoms with Crippen LogP contribution in [0.4, 0.5) is 0 Å². The number of benzene rings is 2. The van der Waals surface area contributed by atoms with E-state index >= 15 is 0 Å². The van der Waals surface area contributed by atoms with Crippen molar-refractivity contribution in [3.63, 3.8) is 0 Å². The van der Waals surface area contributed by atoms with Crippen LogP contribution in [0, 0.1) is 0 Å². The molecule has 0 atom stereocenters. The quantitative estimate of drug-likeness (QED) is 0.851. The summed E-state index contributed by atoms with van der Waals surface area (Å²) in [7, 11) is 1.62. The lowest BCUT2D eigenvalue weighted by atomic mass is 10.0. The summed E-state index contributed by atoms with van der Waals surface area (Å²) in [5.41, 5.74) is 2.04. The number of ether oxygens (including phenoxy) is 2. The Morgan fingerprint density at radius 3 is 2.39 bits per heavy atom. The van der Waals surface area contributed by atoms with E-state index in [-0.39, 0.29) is 12.5 Å². The Labute approximate surface area is 137 Å². The second-order valence-corrected chi connectivity index (χ2v) is 5.57. The first kappa shape index (κ1) is 16.9. The molecule has 2 aromatic rings. The molecule has 0 fully saturated rings. The van der Waals surface area contributed by atoms with Crippen molar-refractivity contribution in [2.45, 2.75) is 26.3 Å². The molecule has 0 unspecified atom stereocenters. The predicted octanol–water partition coefficient (Wildman–Crippen LogP) is 3.51. The summed E-state index contributed by atoms with van der Waals surface area (Å²) in [6, 6.07) is 15.4. The van der Waals surface area contributed by atoms with Crippen molar-refractivity contribution in [3.05, 3.63) is 59.7 Å². The van der Waals surface area contributed by atoms with Gasteiger partial charge < -0.3 is 14.8 Å². The van der Waals surface area contributed by atoms with E-state index in [9.17, 15) is 4.79 Å². The van der Waals surface area contributed by atoms with Crippen LogP contribution in [-0.4, -0.2) is 19.6 Å². The number of carbonyl (C=O) groups excluding carboxylic acids is 1. The number of nitrogens with one attached hydrogen (secondary N) is 1. The van der Waals surface area contributed by atoms with Gasteiger partial charge in [0.05, 0.1) is 7.11 Å². The molecule has 2 aromatic carbocycles. The molecule has 0 saturated heterocycles. The molecule has 0 aliphatic rings. The highest BCUT2D eigenvalue weighted by Gasteiger charge is 2.09. The van der Waals surface area contributed by atoms with E-state index in [0.717, 1.165) is 22.6 Å². The van der Waals surface area contributed by atoms with E-state index in [0.29, 0.717) is 12.5 Å². The van der Waals surface area contributed by atoms with Crippen molar-refractivity contribution in [1.82, 2.24) is 5.32 Å². The lowest BCUT2D eigenvalue weighted by Crippen LogP contribution is -2.28. The summed E-state index contributed by atoms with van der Waals surface area (Å²) in [5.74, 6) is 1.71. The second-order valence-electron chi connectivity index (χ2n) is 5.57. The van der Waals surface area contributed by atoms with E-state index in [2.05, 4.69) is 19.2 Å². The normalized spacial score (nSPS) is 10.4. The second kappa shape index (κ2) is 8.22. The molecule has 4 nitrogen and oxygen atoms in total. The van der Waals surface area contributed by atoms with Gasteiger partial charge >= 0.3 is 0 Å². The summed E-state index contributed by atoms with van der Waals surface area (Å²) in [4.78, 5) is 12.0. The number of rotatable bonds is 7. The number of methoxy groups -OCH3 is 1. The van der Waals surface area contributed by atoms with Crippen molar-refractivity contribution < 1.29 is 14.3 Å². The van der Waals surface area contributed by atoms with E-state index in [1.807, 2.05) is 48.5 Å². The van der Waals surface area contributed by atoms with Gasteiger partial charge in [-0.15, -0.1) is 0 Å². The number of hydrogen-bond donors (Lipinski definition) is 1. The standard InChI is InChI=1S/C19H23NO3/c1-14(2)16-9-5-7-11-18(16)23-13-19(21)20-12-15-8-4-6-10-17(15)22-3/h4-11,14H,12-13H2,1-3H3,(H,20,21). The molecule has 1 amide bonds. The summed E-state index contributed by atoms with van der Waals surface area (Å²) in [5, 5.41) is 2.85.